The van der Waals surface area contributed by atoms with Crippen molar-refractivity contribution in [2.24, 2.45) is 0 Å². The Balaban J connectivity index is 1.39. The first-order valence-electron chi connectivity index (χ1n) is 14.7. The first-order valence-corrected chi connectivity index (χ1v) is 14.7. The van der Waals surface area contributed by atoms with Crippen LogP contribution >= 0.6 is 0 Å². The average Bonchev–Trinajstić information content (AvgIpc) is 3.57. The lowest BCUT2D eigenvalue weighted by Crippen LogP contribution is -2.30. The van der Waals surface area contributed by atoms with Gasteiger partial charge in [-0.2, -0.15) is 5.26 Å². The molecular weight excluding hydrogens is 568 g/mol. The van der Waals surface area contributed by atoms with Gasteiger partial charge < -0.3 is 4.57 Å². The minimum Gasteiger partial charge on any atom is -0.309 e. The van der Waals surface area contributed by atoms with Crippen LogP contribution in [0, 0.1) is 17.9 Å². The molecule has 214 valence electrons. The smallest absolute Gasteiger partial charge is 0.268 e. The molecule has 1 aliphatic heterocycles. The first-order chi connectivity index (χ1) is 22.6. The van der Waals surface area contributed by atoms with Gasteiger partial charge in [-0.3, -0.25) is 9.59 Å². The largest absolute Gasteiger partial charge is 0.309 e. The number of hydrogen-bond donors (Lipinski definition) is 0. The number of carbonyl (C=O) groups is 2. The van der Waals surface area contributed by atoms with E-state index in [1.54, 1.807) is 36.4 Å². The lowest BCUT2D eigenvalue weighted by molar-refractivity contribution is 0.0926. The highest BCUT2D eigenvalue weighted by Gasteiger charge is 2.41. The predicted molar refractivity (Wildman–Crippen MR) is 180 cm³/mol. The number of rotatable bonds is 4. The third-order valence-electron chi connectivity index (χ3n) is 8.57. The van der Waals surface area contributed by atoms with Gasteiger partial charge in [-0.25, -0.2) is 9.74 Å². The number of para-hydroxylation sites is 1. The Kier molecular flexibility index (Phi) is 6.10. The Morgan fingerprint density at radius 3 is 1.83 bits per heavy atom. The third-order valence-corrected chi connectivity index (χ3v) is 8.57. The molecule has 7 aromatic rings. The number of nitriles is 1. The summed E-state index contributed by atoms with van der Waals surface area (Å²) in [7, 11) is 0. The van der Waals surface area contributed by atoms with Gasteiger partial charge in [-0.15, -0.1) is 0 Å². The van der Waals surface area contributed by atoms with Gasteiger partial charge in [0.15, 0.2) is 5.69 Å². The lowest BCUT2D eigenvalue weighted by atomic mass is 9.95. The lowest BCUT2D eigenvalue weighted by Gasteiger charge is -2.23. The van der Waals surface area contributed by atoms with Crippen molar-refractivity contribution in [3.8, 4) is 34.0 Å². The van der Waals surface area contributed by atoms with Crippen molar-refractivity contribution in [1.29, 1.82) is 5.26 Å². The summed E-state index contributed by atoms with van der Waals surface area (Å²) in [6, 6.07) is 43.7. The summed E-state index contributed by atoms with van der Waals surface area (Å²) < 4.78 is 1.95. The number of anilines is 1. The Labute approximate surface area is 264 Å². The summed E-state index contributed by atoms with van der Waals surface area (Å²) in [6.07, 6.45) is 0. The average molecular weight is 591 g/mol. The highest BCUT2D eigenvalue weighted by molar-refractivity contribution is 6.37. The van der Waals surface area contributed by atoms with Crippen LogP contribution in [-0.4, -0.2) is 16.4 Å². The van der Waals surface area contributed by atoms with Gasteiger partial charge in [0, 0.05) is 16.5 Å². The molecule has 0 saturated carbocycles. The molecule has 2 amide bonds. The molecule has 1 aromatic heterocycles. The van der Waals surface area contributed by atoms with Gasteiger partial charge in [-0.1, -0.05) is 91.0 Å². The number of aromatic nitrogens is 1. The molecule has 2 heterocycles. The number of nitrogens with zero attached hydrogens (tertiary/aromatic N) is 4. The Hall–Kier alpha value is -6.76. The molecule has 6 nitrogen and oxygen atoms in total. The predicted octanol–water partition coefficient (Wildman–Crippen LogP) is 9.34. The van der Waals surface area contributed by atoms with Gasteiger partial charge in [-0.05, 0) is 59.0 Å². The number of amides is 2. The van der Waals surface area contributed by atoms with E-state index in [0.29, 0.717) is 33.8 Å². The molecule has 0 fully saturated rings. The molecule has 0 radical (unpaired) electrons. The van der Waals surface area contributed by atoms with Crippen molar-refractivity contribution in [2.45, 2.75) is 0 Å². The SMILES string of the molecule is [C-]#[N+]c1ccc2c(c1)c1cc(C#N)ccc1n2-c1cccc2c1C(=O)N(c1c(-c3ccccc3)cccc1-c1ccccc1)C2=O. The van der Waals surface area contributed by atoms with Gasteiger partial charge in [0.1, 0.15) is 0 Å². The van der Waals surface area contributed by atoms with Crippen LogP contribution in [0.15, 0.2) is 133 Å². The Morgan fingerprint density at radius 1 is 0.609 bits per heavy atom. The van der Waals surface area contributed by atoms with E-state index in [1.165, 1.54) is 4.90 Å². The van der Waals surface area contributed by atoms with Gasteiger partial charge in [0.05, 0.1) is 51.7 Å². The second-order valence-corrected chi connectivity index (χ2v) is 11.1. The van der Waals surface area contributed by atoms with Crippen LogP contribution in [0.25, 0.3) is 54.6 Å². The fourth-order valence-electron chi connectivity index (χ4n) is 6.55. The van der Waals surface area contributed by atoms with Gasteiger partial charge in [0.2, 0.25) is 0 Å². The van der Waals surface area contributed by atoms with Crippen LogP contribution in [-0.2, 0) is 0 Å². The van der Waals surface area contributed by atoms with Crippen molar-refractivity contribution in [1.82, 2.24) is 4.57 Å². The molecule has 0 spiro atoms. The zero-order chi connectivity index (χ0) is 31.4. The standard InChI is InChI=1S/C40H22N4O2/c1-42-28-19-21-35-33(23-28)32-22-25(24-41)18-20-34(32)43(35)36-17-9-16-31-37(36)40(46)44(39(31)45)38-29(26-10-4-2-5-11-26)14-8-15-30(38)27-12-6-3-7-13-27/h2-23H. The van der Waals surface area contributed by atoms with E-state index in [0.717, 1.165) is 44.1 Å². The van der Waals surface area contributed by atoms with Crippen molar-refractivity contribution in [3.05, 3.63) is 162 Å². The maximum Gasteiger partial charge on any atom is 0.268 e. The Bertz CT molecular complexity index is 2350. The normalized spacial score (nSPS) is 12.3. The number of hydrogen-bond acceptors (Lipinski definition) is 3. The van der Waals surface area contributed by atoms with Gasteiger partial charge >= 0.3 is 0 Å². The van der Waals surface area contributed by atoms with Crippen LogP contribution < -0.4 is 4.90 Å². The summed E-state index contributed by atoms with van der Waals surface area (Å²) in [5, 5.41) is 11.2. The van der Waals surface area contributed by atoms with E-state index in [-0.39, 0.29) is 0 Å². The summed E-state index contributed by atoms with van der Waals surface area (Å²) >= 11 is 0. The number of imide groups is 1. The third kappa shape index (κ3) is 3.95. The van der Waals surface area contributed by atoms with Crippen LogP contribution in [0.3, 0.4) is 0 Å². The zero-order valence-electron chi connectivity index (χ0n) is 24.3. The highest BCUT2D eigenvalue weighted by atomic mass is 16.2. The van der Waals surface area contributed by atoms with Crippen molar-refractivity contribution in [3.63, 3.8) is 0 Å². The molecule has 46 heavy (non-hydrogen) atoms. The molecule has 0 bridgehead atoms. The quantitative estimate of drug-likeness (QED) is 0.151. The molecule has 6 aromatic carbocycles. The Morgan fingerprint density at radius 2 is 1.20 bits per heavy atom. The molecule has 0 N–H and O–H groups in total. The number of fused-ring (bicyclic) bond motifs is 4. The monoisotopic (exact) mass is 590 g/mol. The maximum absolute atomic E-state index is 14.8. The fourth-order valence-corrected chi connectivity index (χ4v) is 6.55. The molecule has 6 heteroatoms. The number of benzene rings is 6. The molecule has 1 aliphatic rings. The van der Waals surface area contributed by atoms with E-state index in [9.17, 15) is 14.9 Å². The summed E-state index contributed by atoms with van der Waals surface area (Å²) in [5.74, 6) is -0.817. The van der Waals surface area contributed by atoms with Crippen LogP contribution in [0.5, 0.6) is 0 Å². The minimum atomic E-state index is -0.419. The van der Waals surface area contributed by atoms with E-state index in [1.807, 2.05) is 102 Å². The molecule has 0 aliphatic carbocycles. The van der Waals surface area contributed by atoms with E-state index >= 15 is 0 Å². The number of carbonyl (C=O) groups excluding carboxylic acids is 2. The van der Waals surface area contributed by atoms with E-state index in [2.05, 4.69) is 10.9 Å². The first kappa shape index (κ1) is 26.8. The summed E-state index contributed by atoms with van der Waals surface area (Å²) in [5.41, 5.74) is 7.48. The second kappa shape index (κ2) is 10.4. The summed E-state index contributed by atoms with van der Waals surface area (Å²) in [6.45, 7) is 7.57. The summed E-state index contributed by atoms with van der Waals surface area (Å²) in [4.78, 5) is 34.1. The van der Waals surface area contributed by atoms with Crippen molar-refractivity contribution < 1.29 is 9.59 Å². The molecular formula is C40H22N4O2. The van der Waals surface area contributed by atoms with Crippen molar-refractivity contribution in [2.75, 3.05) is 4.90 Å². The van der Waals surface area contributed by atoms with E-state index in [4.69, 9.17) is 6.57 Å². The molecule has 0 saturated heterocycles. The van der Waals surface area contributed by atoms with Crippen LogP contribution in [0.4, 0.5) is 11.4 Å². The zero-order valence-corrected chi connectivity index (χ0v) is 24.3. The van der Waals surface area contributed by atoms with Crippen LogP contribution in [0.2, 0.25) is 0 Å². The molecule has 0 atom stereocenters. The van der Waals surface area contributed by atoms with E-state index < -0.39 is 11.8 Å². The topological polar surface area (TPSA) is 70.5 Å². The van der Waals surface area contributed by atoms with Crippen molar-refractivity contribution >= 4 is 45.0 Å². The fraction of sp³-hybridized carbons (Fsp3) is 0. The highest BCUT2D eigenvalue weighted by Crippen LogP contribution is 2.45. The second-order valence-electron chi connectivity index (χ2n) is 11.1. The molecule has 8 rings (SSSR count). The van der Waals surface area contributed by atoms with Crippen LogP contribution in [0.1, 0.15) is 26.3 Å². The maximum atomic E-state index is 14.8. The molecule has 0 unspecified atom stereocenters. The minimum absolute atomic E-state index is 0.298. The van der Waals surface area contributed by atoms with Gasteiger partial charge in [0.25, 0.3) is 11.8 Å².